The molecule has 1 aliphatic heterocycles. The van der Waals surface area contributed by atoms with Gasteiger partial charge in [0.25, 0.3) is 5.91 Å². The predicted octanol–water partition coefficient (Wildman–Crippen LogP) is -0.463. The van der Waals surface area contributed by atoms with Crippen molar-refractivity contribution in [3.05, 3.63) is 24.2 Å². The highest BCUT2D eigenvalue weighted by Gasteiger charge is 2.33. The average Bonchev–Trinajstić information content (AvgIpc) is 3.02. The lowest BCUT2D eigenvalue weighted by Gasteiger charge is -2.26. The number of ketones is 1. The number of amides is 3. The number of Topliss-reactive ketones (excluding diaryl/α,β-unsaturated/α-hetero) is 1. The summed E-state index contributed by atoms with van der Waals surface area (Å²) in [4.78, 5) is 47.6. The van der Waals surface area contributed by atoms with E-state index in [0.29, 0.717) is 18.7 Å². The Morgan fingerprint density at radius 1 is 1.38 bits per heavy atom. The van der Waals surface area contributed by atoms with Crippen molar-refractivity contribution in [2.24, 2.45) is 5.92 Å². The fourth-order valence-corrected chi connectivity index (χ4v) is 2.44. The number of carbonyl (C=O) groups is 4. The molecular weight excluding hydrogens is 314 g/mol. The normalized spacial score (nSPS) is 18.9. The Morgan fingerprint density at radius 2 is 2.12 bits per heavy atom. The lowest BCUT2D eigenvalue weighted by atomic mass is 10.00. The minimum atomic E-state index is -0.852. The molecule has 8 heteroatoms. The second-order valence-electron chi connectivity index (χ2n) is 6.02. The summed E-state index contributed by atoms with van der Waals surface area (Å²) in [5, 5.41) is 7.63. The molecule has 2 rings (SSSR count). The lowest BCUT2D eigenvalue weighted by molar-refractivity contribution is -0.142. The van der Waals surface area contributed by atoms with Gasteiger partial charge < -0.3 is 20.4 Å². The molecule has 0 radical (unpaired) electrons. The number of hydrogen-bond donors (Lipinski definition) is 3. The van der Waals surface area contributed by atoms with E-state index >= 15 is 0 Å². The van der Waals surface area contributed by atoms with E-state index in [1.165, 1.54) is 6.26 Å². The van der Waals surface area contributed by atoms with Crippen LogP contribution < -0.4 is 16.0 Å². The standard InChI is InChI=1S/C16H21N3O5/c1-9(2)13(19-12(20)8-10-4-3-7-24-10)15(22)18-11-5-6-17-16(23)14(11)21/h3-4,7,9,11,13H,5-6,8H2,1-2H3,(H,17,23)(H,18,22)(H,19,20). The quantitative estimate of drug-likeness (QED) is 0.608. The number of carbonyl (C=O) groups excluding carboxylic acids is 4. The molecule has 3 amide bonds. The van der Waals surface area contributed by atoms with Gasteiger partial charge in [-0.2, -0.15) is 0 Å². The van der Waals surface area contributed by atoms with Crippen molar-refractivity contribution < 1.29 is 23.6 Å². The molecule has 1 aromatic rings. The van der Waals surface area contributed by atoms with E-state index in [-0.39, 0.29) is 18.2 Å². The molecule has 1 fully saturated rings. The lowest BCUT2D eigenvalue weighted by Crippen LogP contribution is -2.58. The molecule has 0 aromatic carbocycles. The molecule has 2 unspecified atom stereocenters. The second-order valence-corrected chi connectivity index (χ2v) is 6.02. The van der Waals surface area contributed by atoms with Crippen LogP contribution in [0, 0.1) is 5.92 Å². The van der Waals surface area contributed by atoms with Crippen LogP contribution in [0.25, 0.3) is 0 Å². The van der Waals surface area contributed by atoms with Gasteiger partial charge in [0.05, 0.1) is 18.7 Å². The van der Waals surface area contributed by atoms with Crippen LogP contribution in [0.2, 0.25) is 0 Å². The van der Waals surface area contributed by atoms with Gasteiger partial charge in [0.15, 0.2) is 0 Å². The van der Waals surface area contributed by atoms with E-state index in [9.17, 15) is 19.2 Å². The van der Waals surface area contributed by atoms with Crippen molar-refractivity contribution in [2.75, 3.05) is 6.54 Å². The maximum Gasteiger partial charge on any atom is 0.289 e. The van der Waals surface area contributed by atoms with Gasteiger partial charge in [-0.25, -0.2) is 0 Å². The first kappa shape index (κ1) is 17.7. The molecule has 3 N–H and O–H groups in total. The summed E-state index contributed by atoms with van der Waals surface area (Å²) in [6.45, 7) is 3.90. The minimum absolute atomic E-state index is 0.0221. The molecule has 0 spiro atoms. The molecule has 2 heterocycles. The van der Waals surface area contributed by atoms with Gasteiger partial charge in [0.1, 0.15) is 11.8 Å². The van der Waals surface area contributed by atoms with Crippen LogP contribution in [0.3, 0.4) is 0 Å². The highest BCUT2D eigenvalue weighted by Crippen LogP contribution is 2.07. The zero-order valence-corrected chi connectivity index (χ0v) is 13.6. The Morgan fingerprint density at radius 3 is 2.75 bits per heavy atom. The van der Waals surface area contributed by atoms with Crippen LogP contribution in [0.4, 0.5) is 0 Å². The van der Waals surface area contributed by atoms with Crippen molar-refractivity contribution in [3.63, 3.8) is 0 Å². The molecule has 2 atom stereocenters. The Kier molecular flexibility index (Phi) is 5.73. The number of piperidine rings is 1. The van der Waals surface area contributed by atoms with Gasteiger partial charge in [-0.15, -0.1) is 0 Å². The van der Waals surface area contributed by atoms with E-state index in [4.69, 9.17) is 4.42 Å². The maximum absolute atomic E-state index is 12.4. The molecule has 1 aliphatic rings. The molecule has 0 bridgehead atoms. The summed E-state index contributed by atoms with van der Waals surface area (Å²) >= 11 is 0. The summed E-state index contributed by atoms with van der Waals surface area (Å²) in [6.07, 6.45) is 1.82. The first-order chi connectivity index (χ1) is 11.4. The Hall–Kier alpha value is -2.64. The fourth-order valence-electron chi connectivity index (χ4n) is 2.44. The smallest absolute Gasteiger partial charge is 0.289 e. The van der Waals surface area contributed by atoms with Crippen LogP contribution in [0.15, 0.2) is 22.8 Å². The highest BCUT2D eigenvalue weighted by atomic mass is 16.3. The molecule has 1 saturated heterocycles. The SMILES string of the molecule is CC(C)C(NC(=O)Cc1ccco1)C(=O)NC1CCNC(=O)C1=O. The van der Waals surface area contributed by atoms with Crippen LogP contribution in [-0.2, 0) is 25.6 Å². The van der Waals surface area contributed by atoms with Crippen molar-refractivity contribution in [2.45, 2.75) is 38.8 Å². The van der Waals surface area contributed by atoms with Gasteiger partial charge >= 0.3 is 0 Å². The Labute approximate surface area is 139 Å². The maximum atomic E-state index is 12.4. The highest BCUT2D eigenvalue weighted by molar-refractivity contribution is 6.39. The third-order valence-electron chi connectivity index (χ3n) is 3.76. The van der Waals surface area contributed by atoms with Gasteiger partial charge in [-0.1, -0.05) is 13.8 Å². The van der Waals surface area contributed by atoms with Crippen molar-refractivity contribution in [3.8, 4) is 0 Å². The van der Waals surface area contributed by atoms with E-state index in [0.717, 1.165) is 0 Å². The van der Waals surface area contributed by atoms with E-state index in [1.54, 1.807) is 26.0 Å². The first-order valence-corrected chi connectivity index (χ1v) is 7.82. The third-order valence-corrected chi connectivity index (χ3v) is 3.76. The third kappa shape index (κ3) is 4.43. The fraction of sp³-hybridized carbons (Fsp3) is 0.500. The number of nitrogens with one attached hydrogen (secondary N) is 3. The molecule has 8 nitrogen and oxygen atoms in total. The molecular formula is C16H21N3O5. The van der Waals surface area contributed by atoms with E-state index < -0.39 is 29.7 Å². The van der Waals surface area contributed by atoms with Gasteiger partial charge in [0.2, 0.25) is 17.6 Å². The van der Waals surface area contributed by atoms with Gasteiger partial charge in [-0.3, -0.25) is 19.2 Å². The zero-order chi connectivity index (χ0) is 17.7. The number of rotatable bonds is 6. The summed E-state index contributed by atoms with van der Waals surface area (Å²) in [5.74, 6) is -1.89. The molecule has 0 saturated carbocycles. The van der Waals surface area contributed by atoms with Crippen molar-refractivity contribution in [1.29, 1.82) is 0 Å². The topological polar surface area (TPSA) is 118 Å². The summed E-state index contributed by atoms with van der Waals surface area (Å²) in [6, 6.07) is 1.69. The molecule has 130 valence electrons. The van der Waals surface area contributed by atoms with Crippen molar-refractivity contribution in [1.82, 2.24) is 16.0 Å². The van der Waals surface area contributed by atoms with E-state index in [1.807, 2.05) is 0 Å². The Balaban J connectivity index is 1.96. The predicted molar refractivity (Wildman–Crippen MR) is 83.7 cm³/mol. The molecule has 0 aliphatic carbocycles. The van der Waals surface area contributed by atoms with Crippen LogP contribution >= 0.6 is 0 Å². The van der Waals surface area contributed by atoms with Gasteiger partial charge in [0, 0.05) is 6.54 Å². The van der Waals surface area contributed by atoms with E-state index in [2.05, 4.69) is 16.0 Å². The van der Waals surface area contributed by atoms with Crippen molar-refractivity contribution >= 4 is 23.5 Å². The minimum Gasteiger partial charge on any atom is -0.469 e. The van der Waals surface area contributed by atoms with Crippen LogP contribution in [0.5, 0.6) is 0 Å². The number of hydrogen-bond acceptors (Lipinski definition) is 5. The monoisotopic (exact) mass is 335 g/mol. The molecule has 1 aromatic heterocycles. The largest absolute Gasteiger partial charge is 0.469 e. The summed E-state index contributed by atoms with van der Waals surface area (Å²) in [7, 11) is 0. The van der Waals surface area contributed by atoms with Crippen LogP contribution in [-0.4, -0.2) is 42.1 Å². The van der Waals surface area contributed by atoms with Gasteiger partial charge in [-0.05, 0) is 24.5 Å². The zero-order valence-electron chi connectivity index (χ0n) is 13.6. The second kappa shape index (κ2) is 7.76. The summed E-state index contributed by atoms with van der Waals surface area (Å²) < 4.78 is 5.10. The van der Waals surface area contributed by atoms with Crippen LogP contribution in [0.1, 0.15) is 26.0 Å². The summed E-state index contributed by atoms with van der Waals surface area (Å²) in [5.41, 5.74) is 0. The Bertz CT molecular complexity index is 624. The average molecular weight is 335 g/mol. The first-order valence-electron chi connectivity index (χ1n) is 7.82. The number of furan rings is 1. The molecule has 24 heavy (non-hydrogen) atoms.